The van der Waals surface area contributed by atoms with Gasteiger partial charge in [0.15, 0.2) is 9.84 Å². The van der Waals surface area contributed by atoms with Crippen LogP contribution in [-0.2, 0) is 21.2 Å². The molecule has 0 saturated carbocycles. The maximum Gasteiger partial charge on any atom is 0.234 e. The molecule has 1 aliphatic heterocycles. The van der Waals surface area contributed by atoms with Gasteiger partial charge in [0.25, 0.3) is 0 Å². The normalized spacial score (nSPS) is 17.7. The van der Waals surface area contributed by atoms with Crippen molar-refractivity contribution in [1.82, 2.24) is 10.2 Å². The fraction of sp³-hybridized carbons (Fsp3) is 0.533. The molecule has 0 aromatic heterocycles. The van der Waals surface area contributed by atoms with E-state index in [1.165, 1.54) is 6.07 Å². The summed E-state index contributed by atoms with van der Waals surface area (Å²) >= 11 is 0. The molecule has 1 aliphatic rings. The first-order chi connectivity index (χ1) is 10.8. The molecule has 1 fully saturated rings. The van der Waals surface area contributed by atoms with E-state index in [0.29, 0.717) is 24.3 Å². The van der Waals surface area contributed by atoms with Crippen molar-refractivity contribution in [3.8, 4) is 0 Å². The molecule has 23 heavy (non-hydrogen) atoms. The first-order valence-electron chi connectivity index (χ1n) is 7.42. The molecule has 6 nitrogen and oxygen atoms in total. The summed E-state index contributed by atoms with van der Waals surface area (Å²) in [5.41, 5.74) is 1.18. The van der Waals surface area contributed by atoms with E-state index in [0.717, 1.165) is 0 Å². The first-order valence-corrected chi connectivity index (χ1v) is 9.24. The van der Waals surface area contributed by atoms with Crippen LogP contribution in [0.1, 0.15) is 5.56 Å². The van der Waals surface area contributed by atoms with Crippen LogP contribution < -0.4 is 10.2 Å². The molecule has 0 spiro atoms. The Balaban J connectivity index is 1.82. The van der Waals surface area contributed by atoms with E-state index in [1.54, 1.807) is 31.1 Å². The van der Waals surface area contributed by atoms with Crippen LogP contribution in [0.2, 0.25) is 0 Å². The fourth-order valence-corrected chi connectivity index (χ4v) is 3.67. The summed E-state index contributed by atoms with van der Waals surface area (Å²) < 4.78 is 36.5. The molecule has 1 saturated heterocycles. The molecule has 8 heteroatoms. The number of nitrogens with one attached hydrogen (secondary N) is 1. The average molecular weight is 343 g/mol. The standard InChI is InChI=1S/C15H22FN3O3S/c1-18(2)14-4-3-12(9-13(14)16)10-17-15(20)11-19-5-7-23(21,22)8-6-19/h3-4,9H,5-8,10-11H2,1-2H3,(H,17,20). The third-order valence-corrected chi connectivity index (χ3v) is 5.40. The molecule has 2 rings (SSSR count). The van der Waals surface area contributed by atoms with Crippen LogP contribution in [0.4, 0.5) is 10.1 Å². The molecule has 0 aliphatic carbocycles. The molecule has 0 unspecified atom stereocenters. The number of carbonyl (C=O) groups excluding carboxylic acids is 1. The minimum atomic E-state index is -2.94. The lowest BCUT2D eigenvalue weighted by molar-refractivity contribution is -0.122. The number of hydrogen-bond donors (Lipinski definition) is 1. The highest BCUT2D eigenvalue weighted by Crippen LogP contribution is 2.18. The van der Waals surface area contributed by atoms with Gasteiger partial charge in [-0.3, -0.25) is 9.69 Å². The summed E-state index contributed by atoms with van der Waals surface area (Å²) in [6, 6.07) is 4.85. The van der Waals surface area contributed by atoms with Crippen LogP contribution in [0.3, 0.4) is 0 Å². The van der Waals surface area contributed by atoms with E-state index in [9.17, 15) is 17.6 Å². The largest absolute Gasteiger partial charge is 0.375 e. The molecule has 0 radical (unpaired) electrons. The van der Waals surface area contributed by atoms with E-state index < -0.39 is 9.84 Å². The minimum Gasteiger partial charge on any atom is -0.375 e. The second kappa shape index (κ2) is 7.27. The molecule has 128 valence electrons. The zero-order chi connectivity index (χ0) is 17.0. The van der Waals surface area contributed by atoms with Gasteiger partial charge in [-0.1, -0.05) is 6.07 Å². The second-order valence-corrected chi connectivity index (χ2v) is 8.19. The van der Waals surface area contributed by atoms with E-state index in [-0.39, 0.29) is 36.3 Å². The lowest BCUT2D eigenvalue weighted by atomic mass is 10.2. The van der Waals surface area contributed by atoms with Crippen molar-refractivity contribution < 1.29 is 17.6 Å². The van der Waals surface area contributed by atoms with Gasteiger partial charge in [-0.25, -0.2) is 12.8 Å². The number of sulfone groups is 1. The van der Waals surface area contributed by atoms with E-state index in [2.05, 4.69) is 5.32 Å². The number of benzene rings is 1. The predicted octanol–water partition coefficient (Wildman–Crippen LogP) is 0.238. The lowest BCUT2D eigenvalue weighted by Gasteiger charge is -2.25. The monoisotopic (exact) mass is 343 g/mol. The molecule has 1 N–H and O–H groups in total. The van der Waals surface area contributed by atoms with Gasteiger partial charge in [0.05, 0.1) is 23.7 Å². The average Bonchev–Trinajstić information content (AvgIpc) is 2.47. The van der Waals surface area contributed by atoms with Crippen molar-refractivity contribution in [2.24, 2.45) is 0 Å². The predicted molar refractivity (Wildman–Crippen MR) is 87.7 cm³/mol. The number of rotatable bonds is 5. The number of amides is 1. The zero-order valence-corrected chi connectivity index (χ0v) is 14.2. The maximum absolute atomic E-state index is 13.9. The van der Waals surface area contributed by atoms with Crippen LogP contribution in [0.15, 0.2) is 18.2 Å². The summed E-state index contributed by atoms with van der Waals surface area (Å²) in [6.07, 6.45) is 0. The Morgan fingerprint density at radius 1 is 1.30 bits per heavy atom. The molecule has 1 aromatic carbocycles. The highest BCUT2D eigenvalue weighted by Gasteiger charge is 2.22. The molecule has 1 amide bonds. The van der Waals surface area contributed by atoms with Gasteiger partial charge in [-0.05, 0) is 17.7 Å². The highest BCUT2D eigenvalue weighted by molar-refractivity contribution is 7.91. The van der Waals surface area contributed by atoms with Crippen molar-refractivity contribution in [2.75, 3.05) is 50.1 Å². The second-order valence-electron chi connectivity index (χ2n) is 5.88. The summed E-state index contributed by atoms with van der Waals surface area (Å²) in [5, 5.41) is 2.73. The third kappa shape index (κ3) is 5.18. The van der Waals surface area contributed by atoms with Crippen LogP contribution in [0.25, 0.3) is 0 Å². The SMILES string of the molecule is CN(C)c1ccc(CNC(=O)CN2CCS(=O)(=O)CC2)cc1F. The Bertz CT molecular complexity index is 663. The van der Waals surface area contributed by atoms with Crippen molar-refractivity contribution in [2.45, 2.75) is 6.54 Å². The summed E-state index contributed by atoms with van der Waals surface area (Å²) in [6.45, 7) is 1.16. The Morgan fingerprint density at radius 2 is 1.96 bits per heavy atom. The van der Waals surface area contributed by atoms with Crippen molar-refractivity contribution in [1.29, 1.82) is 0 Å². The number of anilines is 1. The van der Waals surface area contributed by atoms with Crippen LogP contribution in [0, 0.1) is 5.82 Å². The fourth-order valence-electron chi connectivity index (χ4n) is 2.39. The topological polar surface area (TPSA) is 69.7 Å². The molecule has 0 atom stereocenters. The van der Waals surface area contributed by atoms with Gasteiger partial charge in [0, 0.05) is 33.7 Å². The van der Waals surface area contributed by atoms with Gasteiger partial charge in [-0.15, -0.1) is 0 Å². The first kappa shape index (κ1) is 17.7. The van der Waals surface area contributed by atoms with Gasteiger partial charge in [0.1, 0.15) is 5.82 Å². The Morgan fingerprint density at radius 3 is 2.52 bits per heavy atom. The van der Waals surface area contributed by atoms with Gasteiger partial charge in [0.2, 0.25) is 5.91 Å². The molecular formula is C15H22FN3O3S. The Kier molecular flexibility index (Phi) is 5.59. The third-order valence-electron chi connectivity index (χ3n) is 3.79. The molecule has 0 bridgehead atoms. The number of hydrogen-bond acceptors (Lipinski definition) is 5. The smallest absolute Gasteiger partial charge is 0.234 e. The van der Waals surface area contributed by atoms with Gasteiger partial charge in [-0.2, -0.15) is 0 Å². The highest BCUT2D eigenvalue weighted by atomic mass is 32.2. The minimum absolute atomic E-state index is 0.0947. The van der Waals surface area contributed by atoms with E-state index >= 15 is 0 Å². The van der Waals surface area contributed by atoms with Crippen LogP contribution in [-0.4, -0.2) is 64.5 Å². The van der Waals surface area contributed by atoms with Gasteiger partial charge < -0.3 is 10.2 Å². The zero-order valence-electron chi connectivity index (χ0n) is 13.4. The lowest BCUT2D eigenvalue weighted by Crippen LogP contribution is -2.45. The molecule has 1 heterocycles. The summed E-state index contributed by atoms with van der Waals surface area (Å²) in [5.74, 6) is -0.334. The number of nitrogens with zero attached hydrogens (tertiary/aromatic N) is 2. The van der Waals surface area contributed by atoms with Crippen molar-refractivity contribution >= 4 is 21.4 Å². The summed E-state index contributed by atoms with van der Waals surface area (Å²) in [7, 11) is 0.583. The van der Waals surface area contributed by atoms with Crippen LogP contribution in [0.5, 0.6) is 0 Å². The van der Waals surface area contributed by atoms with E-state index in [1.807, 2.05) is 4.90 Å². The number of halogens is 1. The Hall–Kier alpha value is -1.67. The van der Waals surface area contributed by atoms with Crippen molar-refractivity contribution in [3.05, 3.63) is 29.6 Å². The quantitative estimate of drug-likeness (QED) is 0.829. The molecular weight excluding hydrogens is 321 g/mol. The van der Waals surface area contributed by atoms with Crippen molar-refractivity contribution in [3.63, 3.8) is 0 Å². The van der Waals surface area contributed by atoms with E-state index in [4.69, 9.17) is 0 Å². The van der Waals surface area contributed by atoms with Gasteiger partial charge >= 0.3 is 0 Å². The number of carbonyl (C=O) groups is 1. The molecule has 1 aromatic rings. The Labute approximate surface area is 136 Å². The summed E-state index contributed by atoms with van der Waals surface area (Å²) in [4.78, 5) is 15.4. The maximum atomic E-state index is 13.9. The van der Waals surface area contributed by atoms with Crippen LogP contribution >= 0.6 is 0 Å².